The summed E-state index contributed by atoms with van der Waals surface area (Å²) < 4.78 is 27.0. The molecule has 0 aliphatic carbocycles. The van der Waals surface area contributed by atoms with Gasteiger partial charge in [-0.05, 0) is 77.3 Å². The van der Waals surface area contributed by atoms with E-state index in [4.69, 9.17) is 30.5 Å². The fourth-order valence-corrected chi connectivity index (χ4v) is 5.58. The van der Waals surface area contributed by atoms with Gasteiger partial charge in [0.1, 0.15) is 35.9 Å². The molecule has 2 N–H and O–H groups in total. The van der Waals surface area contributed by atoms with Crippen molar-refractivity contribution in [3.05, 3.63) is 58.6 Å². The molecule has 2 saturated heterocycles. The summed E-state index contributed by atoms with van der Waals surface area (Å²) in [4.78, 5) is 21.9. The molecule has 5 atom stereocenters. The lowest BCUT2D eigenvalue weighted by Crippen LogP contribution is -2.44. The van der Waals surface area contributed by atoms with Crippen molar-refractivity contribution in [3.63, 3.8) is 0 Å². The molecule has 2 fully saturated rings. The van der Waals surface area contributed by atoms with Gasteiger partial charge in [-0.1, -0.05) is 17.7 Å². The van der Waals surface area contributed by atoms with E-state index < -0.39 is 48.1 Å². The number of alkyl carbamates (subject to hydrolysis) is 1. The van der Waals surface area contributed by atoms with Gasteiger partial charge in [0.25, 0.3) is 0 Å². The fourth-order valence-electron chi connectivity index (χ4n) is 5.39. The predicted molar refractivity (Wildman–Crippen MR) is 144 cm³/mol. The molecule has 0 saturated carbocycles. The summed E-state index contributed by atoms with van der Waals surface area (Å²) in [6.07, 6.45) is 0.868. The quantitative estimate of drug-likeness (QED) is 0.450. The van der Waals surface area contributed by atoms with Crippen LogP contribution in [0, 0.1) is 6.92 Å². The molecule has 1 aromatic carbocycles. The first-order chi connectivity index (χ1) is 18.4. The van der Waals surface area contributed by atoms with Crippen LogP contribution in [0.15, 0.2) is 36.8 Å². The Hall–Kier alpha value is -2.76. The second-order valence-electron chi connectivity index (χ2n) is 11.4. The number of ether oxygens (including phenoxy) is 4. The number of aryl methyl sites for hydroxylation is 1. The lowest BCUT2D eigenvalue weighted by Gasteiger charge is -2.32. The van der Waals surface area contributed by atoms with Crippen molar-refractivity contribution in [2.24, 2.45) is 0 Å². The average Bonchev–Trinajstić information content (AvgIpc) is 3.48. The minimum Gasteiger partial charge on any atom is -0.444 e. The molecule has 4 heterocycles. The first-order valence-corrected chi connectivity index (χ1v) is 13.4. The maximum atomic E-state index is 13.1. The number of halogens is 1. The van der Waals surface area contributed by atoms with Gasteiger partial charge in [0.05, 0.1) is 11.7 Å². The minimum atomic E-state index is -0.881. The second kappa shape index (κ2) is 10.3. The number of carbonyl (C=O) groups excluding carboxylic acids is 1. The predicted octanol–water partition coefficient (Wildman–Crippen LogP) is 4.61. The summed E-state index contributed by atoms with van der Waals surface area (Å²) in [7, 11) is 0. The Morgan fingerprint density at radius 2 is 1.97 bits per heavy atom. The summed E-state index contributed by atoms with van der Waals surface area (Å²) in [6, 6.07) is 6.62. The standard InChI is InChI=1S/C28H35ClN4O6/c1-15-18-9-11-33(24(18)31-14-30-15)25-23-22(37-28(5,6)38-23)21(36-25)20(32-26(35)39-27(2,3)4)19-8-7-17(29)13-16(19)10-12-34/h7-9,11,13-14,20-23,25,34H,10,12H2,1-6H3,(H,32,35)/t20-,21+,22+,23+,25+/m0/s1. The molecule has 0 bridgehead atoms. The van der Waals surface area contributed by atoms with Crippen LogP contribution in [-0.2, 0) is 25.4 Å². The number of hydrogen-bond donors (Lipinski definition) is 2. The normalized spacial score (nSPS) is 25.0. The molecular formula is C28H35ClN4O6. The Balaban J connectivity index is 1.59. The Morgan fingerprint density at radius 1 is 1.23 bits per heavy atom. The zero-order valence-corrected chi connectivity index (χ0v) is 23.7. The van der Waals surface area contributed by atoms with Gasteiger partial charge in [-0.3, -0.25) is 0 Å². The first kappa shape index (κ1) is 27.8. The van der Waals surface area contributed by atoms with Crippen molar-refractivity contribution in [2.45, 2.75) is 89.9 Å². The van der Waals surface area contributed by atoms with Gasteiger partial charge in [-0.25, -0.2) is 14.8 Å². The van der Waals surface area contributed by atoms with Crippen molar-refractivity contribution >= 4 is 28.7 Å². The fraction of sp³-hybridized carbons (Fsp3) is 0.536. The molecule has 1 amide bonds. The number of nitrogens with one attached hydrogen (secondary N) is 1. The summed E-state index contributed by atoms with van der Waals surface area (Å²) in [5.74, 6) is -0.881. The van der Waals surface area contributed by atoms with Gasteiger partial charge in [-0.2, -0.15) is 0 Å². The van der Waals surface area contributed by atoms with Crippen LogP contribution in [0.25, 0.3) is 11.0 Å². The molecule has 39 heavy (non-hydrogen) atoms. The molecule has 210 valence electrons. The molecule has 2 aliphatic heterocycles. The van der Waals surface area contributed by atoms with E-state index in [1.165, 1.54) is 6.33 Å². The number of rotatable bonds is 6. The number of amides is 1. The molecule has 0 unspecified atom stereocenters. The van der Waals surface area contributed by atoms with Gasteiger partial charge < -0.3 is 33.9 Å². The van der Waals surface area contributed by atoms with Gasteiger partial charge in [0, 0.05) is 23.2 Å². The average molecular weight is 559 g/mol. The molecule has 3 aromatic rings. The molecule has 5 rings (SSSR count). The Bertz CT molecular complexity index is 1370. The summed E-state index contributed by atoms with van der Waals surface area (Å²) in [6.45, 7) is 11.0. The molecule has 2 aromatic heterocycles. The third-order valence-corrected chi connectivity index (χ3v) is 7.10. The maximum Gasteiger partial charge on any atom is 0.408 e. The van der Waals surface area contributed by atoms with E-state index in [-0.39, 0.29) is 6.61 Å². The summed E-state index contributed by atoms with van der Waals surface area (Å²) >= 11 is 6.31. The third kappa shape index (κ3) is 5.62. The van der Waals surface area contributed by atoms with Crippen LogP contribution >= 0.6 is 11.6 Å². The van der Waals surface area contributed by atoms with E-state index in [0.717, 1.165) is 22.2 Å². The smallest absolute Gasteiger partial charge is 0.408 e. The minimum absolute atomic E-state index is 0.0895. The number of aliphatic hydroxyl groups excluding tert-OH is 1. The van der Waals surface area contributed by atoms with Crippen LogP contribution in [0.4, 0.5) is 4.79 Å². The highest BCUT2D eigenvalue weighted by Gasteiger charge is 2.58. The molecule has 2 aliphatic rings. The third-order valence-electron chi connectivity index (χ3n) is 6.87. The topological polar surface area (TPSA) is 117 Å². The molecule has 0 spiro atoms. The van der Waals surface area contributed by atoms with Crippen molar-refractivity contribution < 1.29 is 28.8 Å². The van der Waals surface area contributed by atoms with Crippen LogP contribution in [0.1, 0.15) is 63.7 Å². The number of benzene rings is 1. The van der Waals surface area contributed by atoms with Crippen molar-refractivity contribution in [1.29, 1.82) is 0 Å². The Labute approximate surface area is 232 Å². The summed E-state index contributed by atoms with van der Waals surface area (Å²) in [5.41, 5.74) is 2.38. The van der Waals surface area contributed by atoms with E-state index in [9.17, 15) is 9.90 Å². The van der Waals surface area contributed by atoms with Gasteiger partial charge in [0.2, 0.25) is 0 Å². The number of aliphatic hydroxyl groups is 1. The maximum absolute atomic E-state index is 13.1. The molecule has 10 nitrogen and oxygen atoms in total. The van der Waals surface area contributed by atoms with E-state index >= 15 is 0 Å². The molecule has 11 heteroatoms. The molecular weight excluding hydrogens is 524 g/mol. The zero-order chi connectivity index (χ0) is 28.1. The first-order valence-electron chi connectivity index (χ1n) is 13.0. The summed E-state index contributed by atoms with van der Waals surface area (Å²) in [5, 5.41) is 14.2. The lowest BCUT2D eigenvalue weighted by molar-refractivity contribution is -0.199. The number of nitrogens with zero attached hydrogens (tertiary/aromatic N) is 3. The SMILES string of the molecule is Cc1ncnc2c1ccn2[C@@H]1O[C@H]([C@@H](NC(=O)OC(C)(C)C)c2ccc(Cl)cc2CCO)[C@H]2OC(C)(C)O[C@H]21. The monoisotopic (exact) mass is 558 g/mol. The van der Waals surface area contributed by atoms with Crippen LogP contribution in [0.2, 0.25) is 5.02 Å². The number of hydrogen-bond acceptors (Lipinski definition) is 8. The largest absolute Gasteiger partial charge is 0.444 e. The lowest BCUT2D eigenvalue weighted by atomic mass is 9.91. The van der Waals surface area contributed by atoms with E-state index in [0.29, 0.717) is 17.1 Å². The van der Waals surface area contributed by atoms with Crippen LogP contribution in [-0.4, -0.2) is 62.0 Å². The van der Waals surface area contributed by atoms with E-state index in [2.05, 4.69) is 15.3 Å². The highest BCUT2D eigenvalue weighted by molar-refractivity contribution is 6.30. The van der Waals surface area contributed by atoms with Gasteiger partial charge in [-0.15, -0.1) is 0 Å². The van der Waals surface area contributed by atoms with Crippen molar-refractivity contribution in [3.8, 4) is 0 Å². The Kier molecular flexibility index (Phi) is 7.36. The highest BCUT2D eigenvalue weighted by atomic mass is 35.5. The van der Waals surface area contributed by atoms with E-state index in [1.807, 2.05) is 43.7 Å². The second-order valence-corrected chi connectivity index (χ2v) is 11.9. The number of aromatic nitrogens is 3. The van der Waals surface area contributed by atoms with Crippen molar-refractivity contribution in [2.75, 3.05) is 6.61 Å². The number of fused-ring (bicyclic) bond motifs is 2. The van der Waals surface area contributed by atoms with Crippen LogP contribution in [0.5, 0.6) is 0 Å². The van der Waals surface area contributed by atoms with Gasteiger partial charge >= 0.3 is 6.09 Å². The van der Waals surface area contributed by atoms with Crippen LogP contribution in [0.3, 0.4) is 0 Å². The zero-order valence-electron chi connectivity index (χ0n) is 23.0. The highest BCUT2D eigenvalue weighted by Crippen LogP contribution is 2.47. The van der Waals surface area contributed by atoms with Crippen LogP contribution < -0.4 is 5.32 Å². The Morgan fingerprint density at radius 3 is 2.69 bits per heavy atom. The number of carbonyl (C=O) groups is 1. The van der Waals surface area contributed by atoms with E-state index in [1.54, 1.807) is 32.9 Å². The van der Waals surface area contributed by atoms with Gasteiger partial charge in [0.15, 0.2) is 12.0 Å². The van der Waals surface area contributed by atoms with Crippen molar-refractivity contribution in [1.82, 2.24) is 19.9 Å². The molecule has 0 radical (unpaired) electrons.